The number of ketones is 1. The number of nitrogens with two attached hydrogens (primary N) is 1. The molecule has 3 rings (SSSR count). The first-order chi connectivity index (χ1) is 15.0. The van der Waals surface area contributed by atoms with E-state index in [1.54, 1.807) is 70.2 Å². The van der Waals surface area contributed by atoms with E-state index in [-0.39, 0.29) is 22.5 Å². The third-order valence-electron chi connectivity index (χ3n) is 4.63. The van der Waals surface area contributed by atoms with Gasteiger partial charge < -0.3 is 15.6 Å². The zero-order chi connectivity index (χ0) is 23.6. The second kappa shape index (κ2) is 8.88. The average molecular weight is 453 g/mol. The summed E-state index contributed by atoms with van der Waals surface area (Å²) in [6.07, 6.45) is 0. The average Bonchev–Trinajstić information content (AvgIpc) is 3.00. The van der Waals surface area contributed by atoms with Crippen molar-refractivity contribution in [1.82, 2.24) is 4.57 Å². The Labute approximate surface area is 190 Å². The number of carbonyl (C=O) groups is 2. The fraction of sp³-hybridized carbons (Fsp3) is 0.261. The summed E-state index contributed by atoms with van der Waals surface area (Å²) < 4.78 is 6.85. The number of nitrogens with zero attached hydrogens (tertiary/aromatic N) is 3. The van der Waals surface area contributed by atoms with E-state index in [2.05, 4.69) is 10.2 Å². The summed E-state index contributed by atoms with van der Waals surface area (Å²) in [5, 5.41) is 18.8. The predicted octanol–water partition coefficient (Wildman–Crippen LogP) is 4.81. The van der Waals surface area contributed by atoms with Crippen molar-refractivity contribution in [3.8, 4) is 5.88 Å². The van der Waals surface area contributed by atoms with Gasteiger partial charge in [0.2, 0.25) is 11.0 Å². The van der Waals surface area contributed by atoms with E-state index in [1.807, 2.05) is 6.07 Å². The number of hydrogen-bond acceptors (Lipinski definition) is 6. The normalized spacial score (nSPS) is 12.8. The van der Waals surface area contributed by atoms with Crippen molar-refractivity contribution in [3.63, 3.8) is 0 Å². The lowest BCUT2D eigenvalue weighted by atomic mass is 10.0. The number of hydrogen-bond donors (Lipinski definition) is 2. The fourth-order valence-electron chi connectivity index (χ4n) is 3.26. The van der Waals surface area contributed by atoms with Crippen LogP contribution in [-0.4, -0.2) is 32.1 Å². The standard InChI is InChI=1S/C23H24N4O4S/c1-13(21(30)31-23(2,3)4)27-17-11-10-15(19(28)14-8-6-5-7-9-14)12-16(17)18(20(27)29)25-26-22(24)32/h5-13,29H,1-4H3,(H2,24,32)/t13-/m1/s1. The summed E-state index contributed by atoms with van der Waals surface area (Å²) in [5.74, 6) is -1.05. The Balaban J connectivity index is 2.17. The number of esters is 1. The van der Waals surface area contributed by atoms with Crippen LogP contribution in [0, 0.1) is 0 Å². The molecule has 0 bridgehead atoms. The molecule has 0 aliphatic heterocycles. The number of rotatable bonds is 5. The molecule has 0 unspecified atom stereocenters. The number of thiocarbonyl (C=S) groups is 1. The third-order valence-corrected chi connectivity index (χ3v) is 4.71. The van der Waals surface area contributed by atoms with Gasteiger partial charge in [0.05, 0.1) is 5.52 Å². The molecule has 0 aliphatic rings. The first-order valence-electron chi connectivity index (χ1n) is 9.90. The molecule has 1 heterocycles. The number of ether oxygens (including phenoxy) is 1. The molecule has 166 valence electrons. The molecular formula is C23H24N4O4S. The van der Waals surface area contributed by atoms with Crippen LogP contribution in [0.25, 0.3) is 10.9 Å². The second-order valence-electron chi connectivity index (χ2n) is 8.22. The monoisotopic (exact) mass is 452 g/mol. The highest BCUT2D eigenvalue weighted by molar-refractivity contribution is 7.80. The number of azo groups is 1. The molecule has 0 saturated heterocycles. The van der Waals surface area contributed by atoms with Crippen molar-refractivity contribution >= 4 is 45.7 Å². The molecule has 0 spiro atoms. The molecule has 1 atom stereocenters. The van der Waals surface area contributed by atoms with Crippen molar-refractivity contribution in [2.24, 2.45) is 16.0 Å². The molecule has 1 aromatic heterocycles. The van der Waals surface area contributed by atoms with E-state index in [0.29, 0.717) is 22.0 Å². The summed E-state index contributed by atoms with van der Waals surface area (Å²) in [4.78, 5) is 25.6. The molecule has 8 nitrogen and oxygen atoms in total. The van der Waals surface area contributed by atoms with Crippen molar-refractivity contribution < 1.29 is 19.4 Å². The lowest BCUT2D eigenvalue weighted by Gasteiger charge is -2.23. The van der Waals surface area contributed by atoms with Crippen molar-refractivity contribution in [3.05, 3.63) is 59.7 Å². The highest BCUT2D eigenvalue weighted by atomic mass is 32.1. The lowest BCUT2D eigenvalue weighted by Crippen LogP contribution is -2.28. The van der Waals surface area contributed by atoms with Gasteiger partial charge in [-0.15, -0.1) is 10.2 Å². The van der Waals surface area contributed by atoms with E-state index < -0.39 is 17.6 Å². The van der Waals surface area contributed by atoms with Crippen LogP contribution in [0.15, 0.2) is 58.8 Å². The number of aromatic nitrogens is 1. The first-order valence-corrected chi connectivity index (χ1v) is 10.3. The summed E-state index contributed by atoms with van der Waals surface area (Å²) in [6.45, 7) is 6.88. The smallest absolute Gasteiger partial charge is 0.329 e. The zero-order valence-corrected chi connectivity index (χ0v) is 19.0. The van der Waals surface area contributed by atoms with Gasteiger partial charge in [0.1, 0.15) is 11.6 Å². The van der Waals surface area contributed by atoms with E-state index in [9.17, 15) is 14.7 Å². The van der Waals surface area contributed by atoms with E-state index in [4.69, 9.17) is 22.7 Å². The molecule has 0 amide bonds. The van der Waals surface area contributed by atoms with Crippen LogP contribution in [0.4, 0.5) is 5.69 Å². The molecule has 3 aromatic rings. The molecule has 0 saturated carbocycles. The Morgan fingerprint density at radius 1 is 1.12 bits per heavy atom. The second-order valence-corrected chi connectivity index (χ2v) is 8.64. The Kier molecular flexibility index (Phi) is 6.40. The summed E-state index contributed by atoms with van der Waals surface area (Å²) in [5.41, 5.74) is 6.15. The van der Waals surface area contributed by atoms with Crippen LogP contribution >= 0.6 is 12.2 Å². The van der Waals surface area contributed by atoms with Crippen LogP contribution in [0.3, 0.4) is 0 Å². The van der Waals surface area contributed by atoms with Gasteiger partial charge in [0.25, 0.3) is 0 Å². The minimum atomic E-state index is -0.874. The van der Waals surface area contributed by atoms with Crippen LogP contribution < -0.4 is 5.73 Å². The predicted molar refractivity (Wildman–Crippen MR) is 125 cm³/mol. The van der Waals surface area contributed by atoms with Gasteiger partial charge in [-0.05, 0) is 58.1 Å². The molecule has 3 N–H and O–H groups in total. The lowest BCUT2D eigenvalue weighted by molar-refractivity contribution is -0.158. The maximum absolute atomic E-state index is 12.9. The van der Waals surface area contributed by atoms with Gasteiger partial charge in [-0.3, -0.25) is 9.36 Å². The highest BCUT2D eigenvalue weighted by Crippen LogP contribution is 2.42. The Hall–Kier alpha value is -3.59. The maximum Gasteiger partial charge on any atom is 0.329 e. The summed E-state index contributed by atoms with van der Waals surface area (Å²) >= 11 is 4.75. The Morgan fingerprint density at radius 2 is 1.78 bits per heavy atom. The Morgan fingerprint density at radius 3 is 2.38 bits per heavy atom. The summed E-state index contributed by atoms with van der Waals surface area (Å²) in [6, 6.07) is 12.8. The number of fused-ring (bicyclic) bond motifs is 1. The van der Waals surface area contributed by atoms with Crippen molar-refractivity contribution in [2.45, 2.75) is 39.3 Å². The molecule has 32 heavy (non-hydrogen) atoms. The molecule has 0 aliphatic carbocycles. The summed E-state index contributed by atoms with van der Waals surface area (Å²) in [7, 11) is 0. The quantitative estimate of drug-likeness (QED) is 0.248. The fourth-order valence-corrected chi connectivity index (χ4v) is 3.31. The van der Waals surface area contributed by atoms with Gasteiger partial charge in [0.15, 0.2) is 11.5 Å². The van der Waals surface area contributed by atoms with Crippen LogP contribution in [-0.2, 0) is 9.53 Å². The van der Waals surface area contributed by atoms with E-state index in [0.717, 1.165) is 0 Å². The van der Waals surface area contributed by atoms with Gasteiger partial charge in [0, 0.05) is 16.5 Å². The molecule has 0 radical (unpaired) electrons. The van der Waals surface area contributed by atoms with Gasteiger partial charge in [-0.2, -0.15) is 0 Å². The van der Waals surface area contributed by atoms with Crippen LogP contribution in [0.5, 0.6) is 5.88 Å². The van der Waals surface area contributed by atoms with Gasteiger partial charge in [-0.1, -0.05) is 30.3 Å². The third kappa shape index (κ3) is 4.83. The van der Waals surface area contributed by atoms with Crippen LogP contribution in [0.2, 0.25) is 0 Å². The highest BCUT2D eigenvalue weighted by Gasteiger charge is 2.29. The Bertz CT molecular complexity index is 1230. The molecule has 2 aromatic carbocycles. The van der Waals surface area contributed by atoms with Gasteiger partial charge in [-0.25, -0.2) is 4.79 Å². The topological polar surface area (TPSA) is 119 Å². The largest absolute Gasteiger partial charge is 0.493 e. The first kappa shape index (κ1) is 23.1. The minimum absolute atomic E-state index is 0.0471. The maximum atomic E-state index is 12.9. The van der Waals surface area contributed by atoms with Crippen molar-refractivity contribution in [2.75, 3.05) is 0 Å². The molecule has 9 heteroatoms. The van der Waals surface area contributed by atoms with Gasteiger partial charge >= 0.3 is 5.97 Å². The van der Waals surface area contributed by atoms with E-state index in [1.165, 1.54) is 4.57 Å². The van der Waals surface area contributed by atoms with E-state index >= 15 is 0 Å². The number of benzene rings is 2. The number of aromatic hydroxyl groups is 1. The SMILES string of the molecule is C[C@H](C(=O)OC(C)(C)C)n1c(O)c(N=NC(N)=S)c2cc(C(=O)c3ccccc3)ccc21. The molecular weight excluding hydrogens is 428 g/mol. The number of carbonyl (C=O) groups excluding carboxylic acids is 2. The van der Waals surface area contributed by atoms with Crippen LogP contribution in [0.1, 0.15) is 49.7 Å². The minimum Gasteiger partial charge on any atom is -0.493 e. The van der Waals surface area contributed by atoms with Crippen molar-refractivity contribution in [1.29, 1.82) is 0 Å². The zero-order valence-electron chi connectivity index (χ0n) is 18.2. The molecule has 0 fully saturated rings.